The van der Waals surface area contributed by atoms with Crippen LogP contribution in [0.15, 0.2) is 0 Å². The van der Waals surface area contributed by atoms with E-state index in [4.69, 9.17) is 18.6 Å². The van der Waals surface area contributed by atoms with Gasteiger partial charge in [0.25, 0.3) is 0 Å². The van der Waals surface area contributed by atoms with Crippen LogP contribution in [0, 0.1) is 0 Å². The lowest BCUT2D eigenvalue weighted by atomic mass is 10.1. The van der Waals surface area contributed by atoms with Crippen molar-refractivity contribution in [3.63, 3.8) is 0 Å². The van der Waals surface area contributed by atoms with E-state index >= 15 is 0 Å². The van der Waals surface area contributed by atoms with Gasteiger partial charge in [0.1, 0.15) is 6.10 Å². The molecule has 0 aromatic rings. The second-order valence-corrected chi connectivity index (χ2v) is 11.4. The van der Waals surface area contributed by atoms with Gasteiger partial charge in [0.2, 0.25) is 0 Å². The summed E-state index contributed by atoms with van der Waals surface area (Å²) in [6.07, 6.45) is -3.67. The minimum Gasteiger partial charge on any atom is -0.424 e. The van der Waals surface area contributed by atoms with Gasteiger partial charge in [-0.05, 0) is 18.1 Å². The van der Waals surface area contributed by atoms with Crippen LogP contribution in [0.2, 0.25) is 18.1 Å². The van der Waals surface area contributed by atoms with Gasteiger partial charge < -0.3 is 23.7 Å². The number of ether oxygens (including phenoxy) is 3. The molecule has 0 radical (unpaired) electrons. The van der Waals surface area contributed by atoms with E-state index in [-0.39, 0.29) is 5.04 Å². The van der Waals surface area contributed by atoms with Gasteiger partial charge in [-0.15, -0.1) is 0 Å². The summed E-state index contributed by atoms with van der Waals surface area (Å²) in [7, 11) is -1.90. The molecule has 110 valence electrons. The topological polar surface area (TPSA) is 74.2 Å². The fourth-order valence-corrected chi connectivity index (χ4v) is 2.88. The van der Waals surface area contributed by atoms with Crippen LogP contribution in [-0.2, 0) is 18.6 Å². The Morgan fingerprint density at radius 3 is 2.42 bits per heavy atom. The first-order chi connectivity index (χ1) is 8.62. The molecule has 2 fully saturated rings. The van der Waals surface area contributed by atoms with Gasteiger partial charge in [0, 0.05) is 0 Å². The van der Waals surface area contributed by atoms with Crippen molar-refractivity contribution in [1.82, 2.24) is 0 Å². The number of aliphatic hydroxyl groups is 1. The Kier molecular flexibility index (Phi) is 3.68. The number of aliphatic hydroxyl groups excluding tert-OH is 1. The molecule has 0 aliphatic carbocycles. The first kappa shape index (κ1) is 14.8. The standard InChI is InChI=1S/C12H22O6Si/c1-12(2,3)19(4,5)15-6-7-8-9(10(13)16-7)18-11(14)17-8/h7-10,13H,6H2,1-5H3/t7-,8-,9-,10?/m1/s1. The Labute approximate surface area is 114 Å². The maximum Gasteiger partial charge on any atom is 0.509 e. The second-order valence-electron chi connectivity index (χ2n) is 6.55. The zero-order valence-electron chi connectivity index (χ0n) is 12.0. The van der Waals surface area contributed by atoms with Crippen LogP contribution in [-0.4, -0.2) is 50.8 Å². The smallest absolute Gasteiger partial charge is 0.424 e. The third-order valence-corrected chi connectivity index (χ3v) is 8.67. The Balaban J connectivity index is 1.96. The Hall–Kier alpha value is -0.633. The third-order valence-electron chi connectivity index (χ3n) is 4.16. The normalized spacial score (nSPS) is 34.9. The molecule has 2 saturated heterocycles. The maximum atomic E-state index is 11.1. The highest BCUT2D eigenvalue weighted by Gasteiger charge is 2.54. The van der Waals surface area contributed by atoms with Crippen molar-refractivity contribution in [3.8, 4) is 0 Å². The number of hydrogen-bond donors (Lipinski definition) is 1. The zero-order chi connectivity index (χ0) is 14.4. The fourth-order valence-electron chi connectivity index (χ4n) is 1.87. The molecule has 2 aliphatic rings. The van der Waals surface area contributed by atoms with Crippen LogP contribution in [0.25, 0.3) is 0 Å². The van der Waals surface area contributed by atoms with Crippen molar-refractivity contribution in [2.75, 3.05) is 6.61 Å². The monoisotopic (exact) mass is 290 g/mol. The average Bonchev–Trinajstić information content (AvgIpc) is 2.75. The molecule has 1 unspecified atom stereocenters. The maximum absolute atomic E-state index is 11.1. The van der Waals surface area contributed by atoms with Gasteiger partial charge in [-0.1, -0.05) is 20.8 Å². The van der Waals surface area contributed by atoms with E-state index in [0.717, 1.165) is 0 Å². The molecule has 6 nitrogen and oxygen atoms in total. The van der Waals surface area contributed by atoms with Crippen LogP contribution in [0.1, 0.15) is 20.8 Å². The molecule has 0 amide bonds. The molecular formula is C12H22O6Si. The van der Waals surface area contributed by atoms with E-state index in [1.165, 1.54) is 0 Å². The number of carbonyl (C=O) groups excluding carboxylic acids is 1. The SMILES string of the molecule is CC(C)(C)[Si](C)(C)OC[C@H]1OC(O)[C@@H]2OC(=O)O[C@H]12. The lowest BCUT2D eigenvalue weighted by Crippen LogP contribution is -2.44. The zero-order valence-corrected chi connectivity index (χ0v) is 13.0. The molecule has 0 spiro atoms. The molecule has 2 rings (SSSR count). The summed E-state index contributed by atoms with van der Waals surface area (Å²) in [6, 6.07) is 0. The average molecular weight is 290 g/mol. The predicted octanol–water partition coefficient (Wildman–Crippen LogP) is 1.63. The highest BCUT2D eigenvalue weighted by Crippen LogP contribution is 2.38. The minimum atomic E-state index is -1.90. The molecular weight excluding hydrogens is 268 g/mol. The molecule has 1 N–H and O–H groups in total. The van der Waals surface area contributed by atoms with Crippen molar-refractivity contribution in [1.29, 1.82) is 0 Å². The lowest BCUT2D eigenvalue weighted by molar-refractivity contribution is -0.138. The van der Waals surface area contributed by atoms with E-state index in [1.54, 1.807) is 0 Å². The molecule has 7 heteroatoms. The Morgan fingerprint density at radius 2 is 1.84 bits per heavy atom. The van der Waals surface area contributed by atoms with E-state index in [1.807, 2.05) is 0 Å². The molecule has 4 atom stereocenters. The van der Waals surface area contributed by atoms with Crippen LogP contribution in [0.3, 0.4) is 0 Å². The summed E-state index contributed by atoms with van der Waals surface area (Å²) in [4.78, 5) is 11.1. The molecule has 0 saturated carbocycles. The summed E-state index contributed by atoms with van der Waals surface area (Å²) in [5, 5.41) is 9.74. The number of carbonyl (C=O) groups is 1. The van der Waals surface area contributed by atoms with Crippen LogP contribution < -0.4 is 0 Å². The molecule has 0 aromatic carbocycles. The summed E-state index contributed by atoms with van der Waals surface area (Å²) >= 11 is 0. The van der Waals surface area contributed by atoms with Gasteiger partial charge in [0.15, 0.2) is 26.8 Å². The highest BCUT2D eigenvalue weighted by atomic mass is 28.4. The molecule has 0 bridgehead atoms. The largest absolute Gasteiger partial charge is 0.509 e. The fraction of sp³-hybridized carbons (Fsp3) is 0.917. The van der Waals surface area contributed by atoms with Crippen LogP contribution in [0.5, 0.6) is 0 Å². The summed E-state index contributed by atoms with van der Waals surface area (Å²) < 4.78 is 21.2. The summed E-state index contributed by atoms with van der Waals surface area (Å²) in [5.41, 5.74) is 0. The molecule has 2 aliphatic heterocycles. The van der Waals surface area contributed by atoms with Crippen molar-refractivity contribution in [2.24, 2.45) is 0 Å². The lowest BCUT2D eigenvalue weighted by Gasteiger charge is -2.37. The van der Waals surface area contributed by atoms with Crippen molar-refractivity contribution in [3.05, 3.63) is 0 Å². The van der Waals surface area contributed by atoms with Crippen molar-refractivity contribution in [2.45, 2.75) is 63.5 Å². The Morgan fingerprint density at radius 1 is 1.26 bits per heavy atom. The number of fused-ring (bicyclic) bond motifs is 1. The summed E-state index contributed by atoms with van der Waals surface area (Å²) in [5.74, 6) is 0. The minimum absolute atomic E-state index is 0.0898. The number of rotatable bonds is 3. The van der Waals surface area contributed by atoms with Gasteiger partial charge in [-0.3, -0.25) is 0 Å². The highest BCUT2D eigenvalue weighted by molar-refractivity contribution is 6.74. The van der Waals surface area contributed by atoms with Crippen LogP contribution in [0.4, 0.5) is 4.79 Å². The van der Waals surface area contributed by atoms with Crippen molar-refractivity contribution >= 4 is 14.5 Å². The third kappa shape index (κ3) is 2.79. The first-order valence-electron chi connectivity index (χ1n) is 6.46. The van der Waals surface area contributed by atoms with Gasteiger partial charge >= 0.3 is 6.16 Å². The van der Waals surface area contributed by atoms with Gasteiger partial charge in [-0.2, -0.15) is 0 Å². The van der Waals surface area contributed by atoms with Crippen LogP contribution >= 0.6 is 0 Å². The summed E-state index contributed by atoms with van der Waals surface area (Å²) in [6.45, 7) is 11.0. The predicted molar refractivity (Wildman–Crippen MR) is 69.2 cm³/mol. The van der Waals surface area contributed by atoms with E-state index in [2.05, 4.69) is 33.9 Å². The number of hydrogen-bond acceptors (Lipinski definition) is 6. The first-order valence-corrected chi connectivity index (χ1v) is 9.37. The molecule has 0 aromatic heterocycles. The molecule has 2 heterocycles. The Bertz CT molecular complexity index is 364. The van der Waals surface area contributed by atoms with Crippen molar-refractivity contribution < 1.29 is 28.5 Å². The van der Waals surface area contributed by atoms with E-state index < -0.39 is 39.1 Å². The van der Waals surface area contributed by atoms with Gasteiger partial charge in [-0.25, -0.2) is 4.79 Å². The van der Waals surface area contributed by atoms with E-state index in [9.17, 15) is 9.90 Å². The quantitative estimate of drug-likeness (QED) is 0.629. The second kappa shape index (κ2) is 4.73. The van der Waals surface area contributed by atoms with E-state index in [0.29, 0.717) is 6.61 Å². The van der Waals surface area contributed by atoms with Gasteiger partial charge in [0.05, 0.1) is 6.61 Å². The molecule has 19 heavy (non-hydrogen) atoms.